The van der Waals surface area contributed by atoms with Gasteiger partial charge in [0.05, 0.1) is 0 Å². The van der Waals surface area contributed by atoms with Gasteiger partial charge in [-0.1, -0.05) is 60.7 Å². The van der Waals surface area contributed by atoms with Crippen molar-refractivity contribution < 1.29 is 15.0 Å². The van der Waals surface area contributed by atoms with Gasteiger partial charge in [0.1, 0.15) is 0 Å². The van der Waals surface area contributed by atoms with Gasteiger partial charge < -0.3 is 10.2 Å². The van der Waals surface area contributed by atoms with Crippen molar-refractivity contribution >= 4 is 5.97 Å². The molecule has 116 valence electrons. The summed E-state index contributed by atoms with van der Waals surface area (Å²) in [5, 5.41) is 18.9. The molecule has 0 aromatic heterocycles. The van der Waals surface area contributed by atoms with Crippen molar-refractivity contribution in [2.45, 2.75) is 32.2 Å². The van der Waals surface area contributed by atoms with E-state index < -0.39 is 18.1 Å². The molecule has 0 bridgehead atoms. The molecule has 0 fully saturated rings. The summed E-state index contributed by atoms with van der Waals surface area (Å²) in [7, 11) is 0. The summed E-state index contributed by atoms with van der Waals surface area (Å²) in [4.78, 5) is 13.0. The maximum atomic E-state index is 11.1. The standard InChI is InChI=1S/C18H21NO3/c1-14(17(20)18(21)22)19(12-15-8-4-2-5-9-15)13-16-10-6-3-7-11-16/h2-11,14,17,20H,12-13H2,1H3,(H,21,22). The van der Waals surface area contributed by atoms with Crippen molar-refractivity contribution in [3.63, 3.8) is 0 Å². The number of carboxylic acids is 1. The van der Waals surface area contributed by atoms with Gasteiger partial charge >= 0.3 is 5.97 Å². The number of nitrogens with zero attached hydrogens (tertiary/aromatic N) is 1. The van der Waals surface area contributed by atoms with Gasteiger partial charge in [0.25, 0.3) is 0 Å². The second kappa shape index (κ2) is 7.73. The van der Waals surface area contributed by atoms with Crippen LogP contribution >= 0.6 is 0 Å². The number of benzene rings is 2. The lowest BCUT2D eigenvalue weighted by atomic mass is 10.1. The van der Waals surface area contributed by atoms with E-state index in [-0.39, 0.29) is 0 Å². The lowest BCUT2D eigenvalue weighted by Gasteiger charge is -2.31. The second-order valence-corrected chi connectivity index (χ2v) is 5.40. The highest BCUT2D eigenvalue weighted by Gasteiger charge is 2.27. The smallest absolute Gasteiger partial charge is 0.334 e. The Balaban J connectivity index is 2.18. The van der Waals surface area contributed by atoms with Gasteiger partial charge in [-0.05, 0) is 18.1 Å². The minimum atomic E-state index is -1.41. The summed E-state index contributed by atoms with van der Waals surface area (Å²) in [6, 6.07) is 19.2. The van der Waals surface area contributed by atoms with Crippen LogP contribution in [0.15, 0.2) is 60.7 Å². The average Bonchev–Trinajstić information content (AvgIpc) is 2.54. The van der Waals surface area contributed by atoms with Crippen molar-refractivity contribution in [3.05, 3.63) is 71.8 Å². The third-order valence-electron chi connectivity index (χ3n) is 3.74. The molecule has 2 atom stereocenters. The van der Waals surface area contributed by atoms with Crippen LogP contribution in [-0.2, 0) is 17.9 Å². The zero-order valence-corrected chi connectivity index (χ0v) is 12.6. The molecular weight excluding hydrogens is 278 g/mol. The first-order valence-corrected chi connectivity index (χ1v) is 7.30. The number of hydrogen-bond acceptors (Lipinski definition) is 3. The molecule has 4 nitrogen and oxygen atoms in total. The van der Waals surface area contributed by atoms with E-state index in [9.17, 15) is 9.90 Å². The third kappa shape index (κ3) is 4.41. The number of rotatable bonds is 7. The van der Waals surface area contributed by atoms with E-state index in [1.165, 1.54) is 0 Å². The lowest BCUT2D eigenvalue weighted by molar-refractivity contribution is -0.150. The molecule has 2 aromatic rings. The number of carbonyl (C=O) groups is 1. The number of hydrogen-bond donors (Lipinski definition) is 2. The molecule has 4 heteroatoms. The normalized spacial score (nSPS) is 13.8. The lowest BCUT2D eigenvalue weighted by Crippen LogP contribution is -2.44. The minimum Gasteiger partial charge on any atom is -0.479 e. The Morgan fingerprint density at radius 3 is 1.73 bits per heavy atom. The van der Waals surface area contributed by atoms with E-state index in [1.807, 2.05) is 65.6 Å². The maximum absolute atomic E-state index is 11.1. The van der Waals surface area contributed by atoms with E-state index in [1.54, 1.807) is 6.92 Å². The van der Waals surface area contributed by atoms with Crippen molar-refractivity contribution in [2.75, 3.05) is 0 Å². The topological polar surface area (TPSA) is 60.8 Å². The molecule has 0 saturated carbocycles. The van der Waals surface area contributed by atoms with Crippen molar-refractivity contribution in [3.8, 4) is 0 Å². The number of aliphatic carboxylic acids is 1. The zero-order chi connectivity index (χ0) is 15.9. The van der Waals surface area contributed by atoms with Crippen LogP contribution in [0, 0.1) is 0 Å². The molecule has 0 spiro atoms. The largest absolute Gasteiger partial charge is 0.479 e. The van der Waals surface area contributed by atoms with E-state index >= 15 is 0 Å². The predicted molar refractivity (Wildman–Crippen MR) is 85.2 cm³/mol. The molecule has 0 aliphatic carbocycles. The Morgan fingerprint density at radius 1 is 0.955 bits per heavy atom. The van der Waals surface area contributed by atoms with Crippen LogP contribution in [0.4, 0.5) is 0 Å². The molecule has 0 radical (unpaired) electrons. The van der Waals surface area contributed by atoms with Gasteiger partial charge in [-0.3, -0.25) is 4.90 Å². The highest BCUT2D eigenvalue weighted by Crippen LogP contribution is 2.15. The SMILES string of the molecule is CC(C(O)C(=O)O)N(Cc1ccccc1)Cc1ccccc1. The highest BCUT2D eigenvalue weighted by atomic mass is 16.4. The van der Waals surface area contributed by atoms with E-state index in [4.69, 9.17) is 5.11 Å². The quantitative estimate of drug-likeness (QED) is 0.825. The fourth-order valence-electron chi connectivity index (χ4n) is 2.39. The van der Waals surface area contributed by atoms with Gasteiger partial charge in [-0.15, -0.1) is 0 Å². The summed E-state index contributed by atoms with van der Waals surface area (Å²) in [5.74, 6) is -1.20. The Hall–Kier alpha value is -2.17. The molecule has 2 rings (SSSR count). The fourth-order valence-corrected chi connectivity index (χ4v) is 2.39. The predicted octanol–water partition coefficient (Wildman–Crippen LogP) is 2.52. The third-order valence-corrected chi connectivity index (χ3v) is 3.74. The number of aliphatic hydroxyl groups excluding tert-OH is 1. The Labute approximate surface area is 130 Å². The highest BCUT2D eigenvalue weighted by molar-refractivity contribution is 5.72. The Kier molecular flexibility index (Phi) is 5.69. The monoisotopic (exact) mass is 299 g/mol. The van der Waals surface area contributed by atoms with E-state index in [2.05, 4.69) is 0 Å². The molecule has 0 heterocycles. The molecule has 2 N–H and O–H groups in total. The summed E-state index contributed by atoms with van der Waals surface area (Å²) in [5.41, 5.74) is 2.17. The summed E-state index contributed by atoms with van der Waals surface area (Å²) < 4.78 is 0. The molecule has 22 heavy (non-hydrogen) atoms. The van der Waals surface area contributed by atoms with Crippen molar-refractivity contribution in [1.29, 1.82) is 0 Å². The Morgan fingerprint density at radius 2 is 1.36 bits per heavy atom. The number of carboxylic acid groups (broad SMARTS) is 1. The van der Waals surface area contributed by atoms with Gasteiger partial charge in [-0.2, -0.15) is 0 Å². The van der Waals surface area contributed by atoms with Gasteiger partial charge in [0.15, 0.2) is 6.10 Å². The van der Waals surface area contributed by atoms with Crippen molar-refractivity contribution in [1.82, 2.24) is 4.90 Å². The summed E-state index contributed by atoms with van der Waals surface area (Å²) in [6.45, 7) is 2.91. The summed E-state index contributed by atoms with van der Waals surface area (Å²) >= 11 is 0. The minimum absolute atomic E-state index is 0.488. The van der Waals surface area contributed by atoms with Crippen LogP contribution in [0.3, 0.4) is 0 Å². The first kappa shape index (κ1) is 16.2. The Bertz CT molecular complexity index is 544. The van der Waals surface area contributed by atoms with Crippen LogP contribution in [-0.4, -0.2) is 33.2 Å². The molecule has 0 amide bonds. The van der Waals surface area contributed by atoms with Crippen LogP contribution in [0.25, 0.3) is 0 Å². The average molecular weight is 299 g/mol. The molecule has 0 aliphatic rings. The fraction of sp³-hybridized carbons (Fsp3) is 0.278. The van der Waals surface area contributed by atoms with Gasteiger partial charge in [0.2, 0.25) is 0 Å². The molecular formula is C18H21NO3. The van der Waals surface area contributed by atoms with Crippen LogP contribution < -0.4 is 0 Å². The molecule has 0 aliphatic heterocycles. The number of aliphatic hydroxyl groups is 1. The molecule has 2 unspecified atom stereocenters. The van der Waals surface area contributed by atoms with Gasteiger partial charge in [0, 0.05) is 19.1 Å². The molecule has 2 aromatic carbocycles. The van der Waals surface area contributed by atoms with Crippen LogP contribution in [0.5, 0.6) is 0 Å². The second-order valence-electron chi connectivity index (χ2n) is 5.40. The first-order valence-electron chi connectivity index (χ1n) is 7.30. The summed E-state index contributed by atoms with van der Waals surface area (Å²) in [6.07, 6.45) is -1.41. The molecule has 0 saturated heterocycles. The zero-order valence-electron chi connectivity index (χ0n) is 12.6. The van der Waals surface area contributed by atoms with Crippen molar-refractivity contribution in [2.24, 2.45) is 0 Å². The maximum Gasteiger partial charge on any atom is 0.334 e. The van der Waals surface area contributed by atoms with Crippen LogP contribution in [0.2, 0.25) is 0 Å². The van der Waals surface area contributed by atoms with Crippen LogP contribution in [0.1, 0.15) is 18.1 Å². The van der Waals surface area contributed by atoms with E-state index in [0.717, 1.165) is 11.1 Å². The van der Waals surface area contributed by atoms with E-state index in [0.29, 0.717) is 13.1 Å². The first-order chi connectivity index (χ1) is 10.6. The van der Waals surface area contributed by atoms with Gasteiger partial charge in [-0.25, -0.2) is 4.79 Å².